The van der Waals surface area contributed by atoms with E-state index in [0.717, 1.165) is 4.74 Å². The third-order valence-electron chi connectivity index (χ3n) is 3.28. The van der Waals surface area contributed by atoms with Crippen molar-refractivity contribution in [1.82, 2.24) is 0 Å². The van der Waals surface area contributed by atoms with Crippen LogP contribution in [0.4, 0.5) is 96.6 Å². The summed E-state index contributed by atoms with van der Waals surface area (Å²) in [5, 5.41) is 0. The van der Waals surface area contributed by atoms with Gasteiger partial charge in [0.2, 0.25) is 0 Å². The molecule has 0 spiro atoms. The average molecular weight is 554 g/mol. The Hall–Kier alpha value is -1.58. The second-order valence-corrected chi connectivity index (χ2v) is 5.58. The van der Waals surface area contributed by atoms with E-state index in [-0.39, 0.29) is 0 Å². The maximum atomic E-state index is 12.9. The van der Waals surface area contributed by atoms with Crippen molar-refractivity contribution in [2.75, 3.05) is 0 Å². The first-order valence-corrected chi connectivity index (χ1v) is 6.57. The Kier molecular flexibility index (Phi) is 7.10. The van der Waals surface area contributed by atoms with Gasteiger partial charge in [0.15, 0.2) is 0 Å². The lowest BCUT2D eigenvalue weighted by atomic mass is 10.0. The fourth-order valence-electron chi connectivity index (χ4n) is 1.41. The topological polar surface area (TPSA) is 9.23 Å². The highest BCUT2D eigenvalue weighted by Crippen LogP contribution is 2.61. The Bertz CT molecular complexity index is 648. The molecule has 0 aliphatic rings. The van der Waals surface area contributed by atoms with Crippen molar-refractivity contribution in [2.24, 2.45) is 0 Å². The smallest absolute Gasteiger partial charge is 0.245 e. The zero-order chi connectivity index (χ0) is 27.7. The second kappa shape index (κ2) is 7.46. The first-order valence-electron chi connectivity index (χ1n) is 6.57. The van der Waals surface area contributed by atoms with Gasteiger partial charge in [0.05, 0.1) is 0 Å². The standard InChI is InChI=1S/C10F22O/c11-1(12,3(15,16)7(23,24)25)5(19,20)9(29,30)33-10(31,32)6(21,22)2(13,14)4(17,18)8(26,27)28. The van der Waals surface area contributed by atoms with Crippen molar-refractivity contribution in [3.8, 4) is 0 Å². The molecule has 0 aliphatic carbocycles. The zero-order valence-electron chi connectivity index (χ0n) is 13.7. The summed E-state index contributed by atoms with van der Waals surface area (Å²) < 4.78 is 276. The van der Waals surface area contributed by atoms with Gasteiger partial charge in [-0.15, -0.1) is 0 Å². The fourth-order valence-corrected chi connectivity index (χ4v) is 1.41. The fraction of sp³-hybridized carbons (Fsp3) is 1.00. The predicted molar refractivity (Wildman–Crippen MR) is 52.8 cm³/mol. The molecule has 0 N–H and O–H groups in total. The zero-order valence-corrected chi connectivity index (χ0v) is 13.7. The van der Waals surface area contributed by atoms with Crippen LogP contribution < -0.4 is 0 Å². The van der Waals surface area contributed by atoms with Crippen LogP contribution in [0, 0.1) is 0 Å². The molecular formula is C10F22O. The molecular weight excluding hydrogens is 554 g/mol. The van der Waals surface area contributed by atoms with Gasteiger partial charge >= 0.3 is 60.1 Å². The van der Waals surface area contributed by atoms with Crippen LogP contribution in [0.15, 0.2) is 0 Å². The molecule has 200 valence electrons. The lowest BCUT2D eigenvalue weighted by molar-refractivity contribution is -0.526. The lowest BCUT2D eigenvalue weighted by Crippen LogP contribution is -2.71. The van der Waals surface area contributed by atoms with E-state index in [9.17, 15) is 96.6 Å². The molecule has 0 fully saturated rings. The van der Waals surface area contributed by atoms with Gasteiger partial charge in [0.25, 0.3) is 0 Å². The molecule has 0 heterocycles. The van der Waals surface area contributed by atoms with Crippen molar-refractivity contribution >= 4 is 0 Å². The number of alkyl halides is 22. The summed E-state index contributed by atoms with van der Waals surface area (Å²) in [4.78, 5) is 0. The van der Waals surface area contributed by atoms with Crippen molar-refractivity contribution in [3.63, 3.8) is 0 Å². The summed E-state index contributed by atoms with van der Waals surface area (Å²) in [6.07, 6.45) is -32.8. The number of ether oxygens (including phenoxy) is 1. The largest absolute Gasteiger partial charge is 0.460 e. The van der Waals surface area contributed by atoms with Gasteiger partial charge in [-0.2, -0.15) is 96.6 Å². The molecule has 0 aliphatic heterocycles. The molecule has 33 heavy (non-hydrogen) atoms. The molecule has 0 amide bonds. The van der Waals surface area contributed by atoms with Gasteiger partial charge < -0.3 is 0 Å². The summed E-state index contributed by atoms with van der Waals surface area (Å²) in [6, 6.07) is 0. The minimum absolute atomic E-state index is 0.815. The first-order chi connectivity index (χ1) is 13.7. The van der Waals surface area contributed by atoms with Gasteiger partial charge in [-0.3, -0.25) is 0 Å². The van der Waals surface area contributed by atoms with Crippen LogP contribution in [-0.2, 0) is 4.74 Å². The summed E-state index contributed by atoms with van der Waals surface area (Å²) in [6.45, 7) is 0. The maximum Gasteiger partial charge on any atom is 0.460 e. The molecule has 0 aromatic carbocycles. The molecule has 0 rings (SSSR count). The van der Waals surface area contributed by atoms with E-state index in [4.69, 9.17) is 0 Å². The first kappa shape index (κ1) is 31.4. The molecule has 0 aromatic rings. The van der Waals surface area contributed by atoms with Crippen LogP contribution in [0.5, 0.6) is 0 Å². The molecule has 0 unspecified atom stereocenters. The van der Waals surface area contributed by atoms with E-state index < -0.39 is 60.1 Å². The van der Waals surface area contributed by atoms with Gasteiger partial charge in [0, 0.05) is 0 Å². The molecule has 23 heteroatoms. The summed E-state index contributed by atoms with van der Waals surface area (Å²) in [7, 11) is 0. The highest BCUT2D eigenvalue weighted by molar-refractivity contribution is 5.07. The highest BCUT2D eigenvalue weighted by atomic mass is 19.4. The van der Waals surface area contributed by atoms with Gasteiger partial charge in [-0.05, 0) is 0 Å². The van der Waals surface area contributed by atoms with Crippen LogP contribution in [-0.4, -0.2) is 60.1 Å². The molecule has 0 aromatic heterocycles. The van der Waals surface area contributed by atoms with Crippen LogP contribution >= 0.6 is 0 Å². The molecule has 0 radical (unpaired) electrons. The molecule has 0 atom stereocenters. The van der Waals surface area contributed by atoms with E-state index in [1.165, 1.54) is 0 Å². The average Bonchev–Trinajstić information content (AvgIpc) is 2.50. The number of rotatable bonds is 8. The minimum Gasteiger partial charge on any atom is -0.245 e. The van der Waals surface area contributed by atoms with E-state index in [1.807, 2.05) is 0 Å². The van der Waals surface area contributed by atoms with E-state index in [1.54, 1.807) is 0 Å². The monoisotopic (exact) mass is 554 g/mol. The number of hydrogen-bond acceptors (Lipinski definition) is 1. The third-order valence-corrected chi connectivity index (χ3v) is 3.28. The van der Waals surface area contributed by atoms with E-state index in [2.05, 4.69) is 0 Å². The van der Waals surface area contributed by atoms with Gasteiger partial charge in [0.1, 0.15) is 0 Å². The van der Waals surface area contributed by atoms with Crippen molar-refractivity contribution < 1.29 is 101 Å². The number of halogens is 22. The molecule has 0 saturated heterocycles. The second-order valence-electron chi connectivity index (χ2n) is 5.58. The molecule has 0 saturated carbocycles. The van der Waals surface area contributed by atoms with Crippen molar-refractivity contribution in [3.05, 3.63) is 0 Å². The third kappa shape index (κ3) is 4.21. The Labute approximate surface area is 163 Å². The Morgan fingerprint density at radius 2 is 0.424 bits per heavy atom. The minimum atomic E-state index is -8.68. The van der Waals surface area contributed by atoms with Gasteiger partial charge in [-0.25, -0.2) is 4.74 Å². The summed E-state index contributed by atoms with van der Waals surface area (Å²) >= 11 is 0. The normalized spacial score (nSPS) is 16.9. The van der Waals surface area contributed by atoms with Gasteiger partial charge in [-0.1, -0.05) is 0 Å². The quantitative estimate of drug-likeness (QED) is 0.291. The lowest BCUT2D eigenvalue weighted by Gasteiger charge is -2.40. The Morgan fingerprint density at radius 1 is 0.242 bits per heavy atom. The predicted octanol–water partition coefficient (Wildman–Crippen LogP) is 7.13. The highest BCUT2D eigenvalue weighted by Gasteiger charge is 2.92. The SMILES string of the molecule is FC(F)(F)C(F)(F)C(F)(F)C(F)(F)C(F)(F)OC(F)(F)C(F)(F)C(F)(F)C(F)(F)C(F)(F)F. The van der Waals surface area contributed by atoms with E-state index in [0.29, 0.717) is 0 Å². The number of hydrogen-bond donors (Lipinski definition) is 0. The summed E-state index contributed by atoms with van der Waals surface area (Å²) in [5.74, 6) is -51.2. The van der Waals surface area contributed by atoms with Crippen LogP contribution in [0.1, 0.15) is 0 Å². The van der Waals surface area contributed by atoms with E-state index >= 15 is 0 Å². The van der Waals surface area contributed by atoms with Crippen molar-refractivity contribution in [1.29, 1.82) is 0 Å². The van der Waals surface area contributed by atoms with Crippen molar-refractivity contribution in [2.45, 2.75) is 60.1 Å². The summed E-state index contributed by atoms with van der Waals surface area (Å²) in [5.41, 5.74) is 0. The maximum absolute atomic E-state index is 12.9. The van der Waals surface area contributed by atoms with Crippen LogP contribution in [0.25, 0.3) is 0 Å². The molecule has 1 nitrogen and oxygen atoms in total. The Balaban J connectivity index is 6.59. The van der Waals surface area contributed by atoms with Crippen LogP contribution in [0.3, 0.4) is 0 Å². The van der Waals surface area contributed by atoms with Crippen LogP contribution in [0.2, 0.25) is 0 Å². The Morgan fingerprint density at radius 3 is 0.576 bits per heavy atom. The molecule has 0 bridgehead atoms.